The molecule has 1 heterocycles. The number of carbonyl (C=O) groups excluding carboxylic acids is 1. The van der Waals surface area contributed by atoms with Crippen LogP contribution in [0.2, 0.25) is 0 Å². The molecule has 1 unspecified atom stereocenters. The standard InChI is InChI=1S/C30H30F6N4O2/c1-42-25-8-6-19(7-9-25)20(10-12-37-13-11-21-18-38-27-5-3-2-4-26(21)27)17-39-28(41)40-24-15-22(29(31,32)33)14-23(16-24)30(34,35)36/h2-9,14-16,18,20,37-38H,10-13,17H2,1H3,(H2,39,40,41). The number of urea groups is 1. The fourth-order valence-electron chi connectivity index (χ4n) is 4.64. The minimum Gasteiger partial charge on any atom is -0.497 e. The van der Waals surface area contributed by atoms with E-state index < -0.39 is 35.2 Å². The summed E-state index contributed by atoms with van der Waals surface area (Å²) < 4.78 is 84.3. The highest BCUT2D eigenvalue weighted by Gasteiger charge is 2.37. The predicted octanol–water partition coefficient (Wildman–Crippen LogP) is 7.34. The van der Waals surface area contributed by atoms with Gasteiger partial charge in [-0.05, 0) is 73.5 Å². The van der Waals surface area contributed by atoms with E-state index in [0.29, 0.717) is 37.4 Å². The number of rotatable bonds is 11. The summed E-state index contributed by atoms with van der Waals surface area (Å²) in [7, 11) is 1.54. The van der Waals surface area contributed by atoms with Crippen molar-refractivity contribution in [3.8, 4) is 5.75 Å². The van der Waals surface area contributed by atoms with Gasteiger partial charge in [-0.2, -0.15) is 26.3 Å². The Bertz CT molecular complexity index is 1450. The molecule has 224 valence electrons. The highest BCUT2D eigenvalue weighted by molar-refractivity contribution is 5.89. The van der Waals surface area contributed by atoms with Crippen LogP contribution in [0.3, 0.4) is 0 Å². The normalized spacial score (nSPS) is 12.7. The Morgan fingerprint density at radius 1 is 0.905 bits per heavy atom. The predicted molar refractivity (Wildman–Crippen MR) is 149 cm³/mol. The molecule has 12 heteroatoms. The van der Waals surface area contributed by atoms with Crippen LogP contribution < -0.4 is 20.7 Å². The van der Waals surface area contributed by atoms with E-state index in [-0.39, 0.29) is 18.5 Å². The summed E-state index contributed by atoms with van der Waals surface area (Å²) in [6.07, 6.45) is -6.65. The van der Waals surface area contributed by atoms with Crippen molar-refractivity contribution in [3.05, 3.63) is 95.2 Å². The molecule has 6 nitrogen and oxygen atoms in total. The number of ether oxygens (including phenoxy) is 1. The molecule has 0 radical (unpaired) electrons. The number of amides is 2. The Labute approximate surface area is 238 Å². The lowest BCUT2D eigenvalue weighted by atomic mass is 9.95. The number of nitrogens with one attached hydrogen (secondary N) is 4. The van der Waals surface area contributed by atoms with Gasteiger partial charge in [0, 0.05) is 35.2 Å². The molecule has 3 aromatic carbocycles. The quantitative estimate of drug-likeness (QED) is 0.109. The molecule has 0 aliphatic rings. The second-order valence-electron chi connectivity index (χ2n) is 9.75. The van der Waals surface area contributed by atoms with Crippen LogP contribution in [0.1, 0.15) is 34.6 Å². The van der Waals surface area contributed by atoms with Gasteiger partial charge in [0.2, 0.25) is 0 Å². The molecule has 1 aromatic heterocycles. The van der Waals surface area contributed by atoms with Crippen LogP contribution >= 0.6 is 0 Å². The monoisotopic (exact) mass is 592 g/mol. The SMILES string of the molecule is COc1ccc(C(CCNCCc2c[nH]c3ccccc23)CNC(=O)Nc2cc(C(F)(F)F)cc(C(F)(F)F)c2)cc1. The summed E-state index contributed by atoms with van der Waals surface area (Å²) in [6.45, 7) is 1.40. The number of carbonyl (C=O) groups is 1. The van der Waals surface area contributed by atoms with E-state index in [1.54, 1.807) is 12.1 Å². The number of alkyl halides is 6. The first-order chi connectivity index (χ1) is 19.9. The third kappa shape index (κ3) is 8.19. The Morgan fingerprint density at radius 3 is 2.21 bits per heavy atom. The highest BCUT2D eigenvalue weighted by Crippen LogP contribution is 2.37. The third-order valence-corrected chi connectivity index (χ3v) is 6.86. The number of halogens is 6. The van der Waals surface area contributed by atoms with E-state index in [4.69, 9.17) is 4.74 Å². The Morgan fingerprint density at radius 2 is 1.57 bits per heavy atom. The van der Waals surface area contributed by atoms with E-state index in [1.807, 2.05) is 36.5 Å². The Balaban J connectivity index is 1.37. The molecule has 2 amide bonds. The van der Waals surface area contributed by atoms with Crippen molar-refractivity contribution < 1.29 is 35.9 Å². The second kappa shape index (κ2) is 13.2. The molecule has 0 saturated carbocycles. The number of hydrogen-bond donors (Lipinski definition) is 4. The summed E-state index contributed by atoms with van der Waals surface area (Å²) in [4.78, 5) is 15.8. The lowest BCUT2D eigenvalue weighted by Crippen LogP contribution is -2.33. The zero-order chi connectivity index (χ0) is 30.3. The first-order valence-electron chi connectivity index (χ1n) is 13.2. The molecule has 0 aliphatic heterocycles. The number of H-pyrrole nitrogens is 1. The number of fused-ring (bicyclic) bond motifs is 1. The maximum atomic E-state index is 13.2. The molecule has 4 rings (SSSR count). The van der Waals surface area contributed by atoms with Crippen molar-refractivity contribution in [2.45, 2.75) is 31.1 Å². The molecular weight excluding hydrogens is 562 g/mol. The average Bonchev–Trinajstić information content (AvgIpc) is 3.36. The van der Waals surface area contributed by atoms with E-state index in [9.17, 15) is 31.1 Å². The van der Waals surface area contributed by atoms with Gasteiger partial charge in [-0.1, -0.05) is 30.3 Å². The van der Waals surface area contributed by atoms with Gasteiger partial charge in [0.15, 0.2) is 0 Å². The number of methoxy groups -OCH3 is 1. The largest absolute Gasteiger partial charge is 0.497 e. The van der Waals surface area contributed by atoms with Gasteiger partial charge in [0.1, 0.15) is 5.75 Å². The van der Waals surface area contributed by atoms with Crippen molar-refractivity contribution in [3.63, 3.8) is 0 Å². The van der Waals surface area contributed by atoms with Crippen molar-refractivity contribution in [2.24, 2.45) is 0 Å². The lowest BCUT2D eigenvalue weighted by Gasteiger charge is -2.20. The van der Waals surface area contributed by atoms with Crippen LogP contribution in [0, 0.1) is 0 Å². The van der Waals surface area contributed by atoms with Crippen LogP contribution in [0.25, 0.3) is 10.9 Å². The highest BCUT2D eigenvalue weighted by atomic mass is 19.4. The van der Waals surface area contributed by atoms with Crippen LogP contribution in [-0.4, -0.2) is 37.8 Å². The first-order valence-corrected chi connectivity index (χ1v) is 13.2. The lowest BCUT2D eigenvalue weighted by molar-refractivity contribution is -0.143. The summed E-state index contributed by atoms with van der Waals surface area (Å²) in [5.74, 6) is 0.444. The van der Waals surface area contributed by atoms with E-state index in [0.717, 1.165) is 22.9 Å². The number of hydrogen-bond acceptors (Lipinski definition) is 3. The smallest absolute Gasteiger partial charge is 0.416 e. The number of benzene rings is 3. The van der Waals surface area contributed by atoms with Crippen LogP contribution in [-0.2, 0) is 18.8 Å². The maximum absolute atomic E-state index is 13.2. The molecule has 4 N–H and O–H groups in total. The minimum absolute atomic E-state index is 0.00825. The van der Waals surface area contributed by atoms with Crippen LogP contribution in [0.4, 0.5) is 36.8 Å². The molecular formula is C30H30F6N4O2. The molecule has 1 atom stereocenters. The fourth-order valence-corrected chi connectivity index (χ4v) is 4.64. The van der Waals surface area contributed by atoms with Gasteiger partial charge in [-0.15, -0.1) is 0 Å². The van der Waals surface area contributed by atoms with Crippen molar-refractivity contribution >= 4 is 22.6 Å². The van der Waals surface area contributed by atoms with E-state index in [1.165, 1.54) is 12.7 Å². The number of aromatic nitrogens is 1. The van der Waals surface area contributed by atoms with Gasteiger partial charge in [0.25, 0.3) is 0 Å². The molecule has 0 bridgehead atoms. The fraction of sp³-hybridized carbons (Fsp3) is 0.300. The number of anilines is 1. The zero-order valence-electron chi connectivity index (χ0n) is 22.6. The van der Waals surface area contributed by atoms with Crippen molar-refractivity contribution in [1.82, 2.24) is 15.6 Å². The molecule has 0 aliphatic carbocycles. The van der Waals surface area contributed by atoms with E-state index in [2.05, 4.69) is 27.0 Å². The van der Waals surface area contributed by atoms with Gasteiger partial charge in [-0.25, -0.2) is 4.79 Å². The minimum atomic E-state index is -5.02. The van der Waals surface area contributed by atoms with Gasteiger partial charge in [-0.3, -0.25) is 0 Å². The topological polar surface area (TPSA) is 78.2 Å². The third-order valence-electron chi connectivity index (χ3n) is 6.86. The molecule has 0 spiro atoms. The summed E-state index contributed by atoms with van der Waals surface area (Å²) >= 11 is 0. The maximum Gasteiger partial charge on any atom is 0.416 e. The summed E-state index contributed by atoms with van der Waals surface area (Å²) in [5.41, 5.74) is -0.505. The second-order valence-corrected chi connectivity index (χ2v) is 9.75. The first kappa shape index (κ1) is 30.8. The van der Waals surface area contributed by atoms with Crippen LogP contribution in [0.15, 0.2) is 72.9 Å². The summed E-state index contributed by atoms with van der Waals surface area (Å²) in [6, 6.07) is 15.3. The van der Waals surface area contributed by atoms with Gasteiger partial charge in [0.05, 0.1) is 18.2 Å². The van der Waals surface area contributed by atoms with Crippen molar-refractivity contribution in [1.29, 1.82) is 0 Å². The average molecular weight is 593 g/mol. The number of aromatic amines is 1. The summed E-state index contributed by atoms with van der Waals surface area (Å²) in [5, 5.41) is 9.25. The van der Waals surface area contributed by atoms with E-state index >= 15 is 0 Å². The zero-order valence-corrected chi connectivity index (χ0v) is 22.6. The molecule has 0 fully saturated rings. The molecule has 4 aromatic rings. The Hall–Kier alpha value is -4.19. The van der Waals surface area contributed by atoms with Gasteiger partial charge >= 0.3 is 18.4 Å². The molecule has 42 heavy (non-hydrogen) atoms. The Kier molecular flexibility index (Phi) is 9.66. The number of para-hydroxylation sites is 1. The van der Waals surface area contributed by atoms with Crippen molar-refractivity contribution in [2.75, 3.05) is 32.1 Å². The molecule has 0 saturated heterocycles. The van der Waals surface area contributed by atoms with Crippen LogP contribution in [0.5, 0.6) is 5.75 Å². The van der Waals surface area contributed by atoms with Gasteiger partial charge < -0.3 is 25.7 Å².